The zero-order chi connectivity index (χ0) is 18.5. The minimum Gasteiger partial charge on any atom is -0.490 e. The summed E-state index contributed by atoms with van der Waals surface area (Å²) in [6.07, 6.45) is 3.72. The van der Waals surface area contributed by atoms with E-state index in [9.17, 15) is 9.59 Å². The molecule has 3 rings (SSSR count). The fraction of sp³-hybridized carbons (Fsp3) is 0.600. The Morgan fingerprint density at radius 3 is 2.58 bits per heavy atom. The smallest absolute Gasteiger partial charge is 0.231 e. The third-order valence-electron chi connectivity index (χ3n) is 5.38. The van der Waals surface area contributed by atoms with Crippen molar-refractivity contribution in [2.24, 2.45) is 11.7 Å². The van der Waals surface area contributed by atoms with Crippen LogP contribution in [0.3, 0.4) is 0 Å². The highest BCUT2D eigenvalue weighted by molar-refractivity contribution is 5.80. The highest BCUT2D eigenvalue weighted by Gasteiger charge is 2.32. The number of benzene rings is 1. The first-order valence-electron chi connectivity index (χ1n) is 9.54. The third kappa shape index (κ3) is 4.75. The molecule has 1 atom stereocenters. The molecule has 0 radical (unpaired) electrons. The van der Waals surface area contributed by atoms with Crippen LogP contribution in [0.2, 0.25) is 0 Å². The third-order valence-corrected chi connectivity index (χ3v) is 5.38. The summed E-state index contributed by atoms with van der Waals surface area (Å²) < 4.78 is 6.12. The number of para-hydroxylation sites is 1. The summed E-state index contributed by atoms with van der Waals surface area (Å²) in [6, 6.07) is 8.05. The number of rotatable bonds is 5. The molecule has 2 N–H and O–H groups in total. The molecular weight excluding hydrogens is 330 g/mol. The first-order chi connectivity index (χ1) is 12.5. The molecule has 142 valence electrons. The molecule has 1 unspecified atom stereocenters. The van der Waals surface area contributed by atoms with Crippen LogP contribution in [-0.2, 0) is 9.59 Å². The number of hydrogen-bond donors (Lipinski definition) is 1. The number of piperidine rings is 2. The van der Waals surface area contributed by atoms with E-state index in [0.29, 0.717) is 6.54 Å². The molecule has 6 nitrogen and oxygen atoms in total. The predicted octanol–water partition coefficient (Wildman–Crippen LogP) is 1.56. The number of ether oxygens (including phenoxy) is 1. The van der Waals surface area contributed by atoms with Gasteiger partial charge in [-0.05, 0) is 37.9 Å². The van der Waals surface area contributed by atoms with Crippen LogP contribution in [-0.4, -0.2) is 60.4 Å². The molecule has 2 amide bonds. The lowest BCUT2D eigenvalue weighted by Crippen LogP contribution is -2.49. The Kier molecular flexibility index (Phi) is 6.14. The van der Waals surface area contributed by atoms with Gasteiger partial charge in [-0.15, -0.1) is 0 Å². The van der Waals surface area contributed by atoms with E-state index in [0.717, 1.165) is 56.6 Å². The SMILES string of the molecule is Cc1ccccc1OC1CCN(C(=O)C2CCCN(CC(N)=O)C2)CC1. The van der Waals surface area contributed by atoms with E-state index >= 15 is 0 Å². The van der Waals surface area contributed by atoms with Crippen molar-refractivity contribution in [2.75, 3.05) is 32.7 Å². The maximum Gasteiger partial charge on any atom is 0.231 e. The van der Waals surface area contributed by atoms with E-state index in [2.05, 4.69) is 13.0 Å². The van der Waals surface area contributed by atoms with Crippen LogP contribution < -0.4 is 10.5 Å². The van der Waals surface area contributed by atoms with Gasteiger partial charge in [0.15, 0.2) is 0 Å². The van der Waals surface area contributed by atoms with E-state index in [1.807, 2.05) is 28.0 Å². The van der Waals surface area contributed by atoms with Gasteiger partial charge in [0.1, 0.15) is 11.9 Å². The topological polar surface area (TPSA) is 75.9 Å². The summed E-state index contributed by atoms with van der Waals surface area (Å²) in [7, 11) is 0. The molecule has 0 aliphatic carbocycles. The lowest BCUT2D eigenvalue weighted by atomic mass is 9.95. The highest BCUT2D eigenvalue weighted by Crippen LogP contribution is 2.24. The van der Waals surface area contributed by atoms with Crippen LogP contribution in [0.15, 0.2) is 24.3 Å². The van der Waals surface area contributed by atoms with Crippen molar-refractivity contribution in [3.8, 4) is 5.75 Å². The maximum absolute atomic E-state index is 12.8. The van der Waals surface area contributed by atoms with E-state index in [-0.39, 0.29) is 30.4 Å². The van der Waals surface area contributed by atoms with Crippen molar-refractivity contribution < 1.29 is 14.3 Å². The van der Waals surface area contributed by atoms with Gasteiger partial charge in [-0.25, -0.2) is 0 Å². The van der Waals surface area contributed by atoms with Gasteiger partial charge in [0.25, 0.3) is 0 Å². The van der Waals surface area contributed by atoms with E-state index < -0.39 is 0 Å². The summed E-state index contributed by atoms with van der Waals surface area (Å²) in [5, 5.41) is 0. The van der Waals surface area contributed by atoms with Crippen molar-refractivity contribution in [1.29, 1.82) is 0 Å². The Morgan fingerprint density at radius 1 is 1.15 bits per heavy atom. The second-order valence-electron chi connectivity index (χ2n) is 7.45. The van der Waals surface area contributed by atoms with Crippen LogP contribution in [0.4, 0.5) is 0 Å². The summed E-state index contributed by atoms with van der Waals surface area (Å²) in [6.45, 7) is 5.26. The summed E-state index contributed by atoms with van der Waals surface area (Å²) in [4.78, 5) is 27.9. The van der Waals surface area contributed by atoms with Gasteiger partial charge in [-0.2, -0.15) is 0 Å². The second kappa shape index (κ2) is 8.54. The van der Waals surface area contributed by atoms with Crippen molar-refractivity contribution in [3.05, 3.63) is 29.8 Å². The molecule has 2 heterocycles. The van der Waals surface area contributed by atoms with Crippen LogP contribution >= 0.6 is 0 Å². The number of aryl methyl sites for hydroxylation is 1. The van der Waals surface area contributed by atoms with Gasteiger partial charge >= 0.3 is 0 Å². The van der Waals surface area contributed by atoms with Gasteiger partial charge in [0.2, 0.25) is 11.8 Å². The molecule has 0 aromatic heterocycles. The largest absolute Gasteiger partial charge is 0.490 e. The van der Waals surface area contributed by atoms with Gasteiger partial charge in [0.05, 0.1) is 12.5 Å². The number of likely N-dealkylation sites (tertiary alicyclic amines) is 2. The Hall–Kier alpha value is -2.08. The quantitative estimate of drug-likeness (QED) is 0.866. The fourth-order valence-corrected chi connectivity index (χ4v) is 3.94. The zero-order valence-corrected chi connectivity index (χ0v) is 15.5. The Morgan fingerprint density at radius 2 is 1.88 bits per heavy atom. The molecule has 26 heavy (non-hydrogen) atoms. The highest BCUT2D eigenvalue weighted by atomic mass is 16.5. The van der Waals surface area contributed by atoms with Crippen molar-refractivity contribution in [2.45, 2.75) is 38.7 Å². The maximum atomic E-state index is 12.8. The molecule has 0 saturated carbocycles. The minimum absolute atomic E-state index is 0.0167. The van der Waals surface area contributed by atoms with E-state index in [4.69, 9.17) is 10.5 Å². The summed E-state index contributed by atoms with van der Waals surface area (Å²) in [5.41, 5.74) is 6.43. The molecule has 0 bridgehead atoms. The van der Waals surface area contributed by atoms with Gasteiger partial charge in [0, 0.05) is 32.5 Å². The van der Waals surface area contributed by atoms with Crippen LogP contribution in [0.1, 0.15) is 31.2 Å². The van der Waals surface area contributed by atoms with Crippen molar-refractivity contribution >= 4 is 11.8 Å². The second-order valence-corrected chi connectivity index (χ2v) is 7.45. The number of amides is 2. The molecule has 1 aromatic carbocycles. The molecule has 1 aromatic rings. The molecule has 2 aliphatic rings. The van der Waals surface area contributed by atoms with Crippen LogP contribution in [0, 0.1) is 12.8 Å². The zero-order valence-electron chi connectivity index (χ0n) is 15.5. The molecule has 2 fully saturated rings. The Labute approximate surface area is 155 Å². The number of carbonyl (C=O) groups is 2. The number of carbonyl (C=O) groups excluding carboxylic acids is 2. The average Bonchev–Trinajstić information content (AvgIpc) is 2.63. The van der Waals surface area contributed by atoms with Gasteiger partial charge < -0.3 is 15.4 Å². The van der Waals surface area contributed by atoms with Gasteiger partial charge in [-0.3, -0.25) is 14.5 Å². The van der Waals surface area contributed by atoms with E-state index in [1.54, 1.807) is 0 Å². The molecular formula is C20H29N3O3. The lowest BCUT2D eigenvalue weighted by Gasteiger charge is -2.37. The normalized spacial score (nSPS) is 22.2. The molecule has 2 aliphatic heterocycles. The number of nitrogens with two attached hydrogens (primary N) is 1. The number of nitrogens with zero attached hydrogens (tertiary/aromatic N) is 2. The summed E-state index contributed by atoms with van der Waals surface area (Å²) in [5.74, 6) is 0.810. The molecule has 6 heteroatoms. The molecule has 2 saturated heterocycles. The fourth-order valence-electron chi connectivity index (χ4n) is 3.94. The monoisotopic (exact) mass is 359 g/mol. The van der Waals surface area contributed by atoms with Crippen molar-refractivity contribution in [3.63, 3.8) is 0 Å². The standard InChI is InChI=1S/C20H29N3O3/c1-15-5-2-3-7-18(15)26-17-8-11-23(12-9-17)20(25)16-6-4-10-22(13-16)14-19(21)24/h2-3,5,7,16-17H,4,6,8-14H2,1H3,(H2,21,24). The van der Waals surface area contributed by atoms with Crippen LogP contribution in [0.25, 0.3) is 0 Å². The minimum atomic E-state index is -0.327. The molecule has 0 spiro atoms. The van der Waals surface area contributed by atoms with Crippen LogP contribution in [0.5, 0.6) is 5.75 Å². The first kappa shape index (κ1) is 18.7. The Bertz CT molecular complexity index is 641. The summed E-state index contributed by atoms with van der Waals surface area (Å²) >= 11 is 0. The van der Waals surface area contributed by atoms with E-state index in [1.165, 1.54) is 0 Å². The Balaban J connectivity index is 1.49. The number of hydrogen-bond acceptors (Lipinski definition) is 4. The lowest BCUT2D eigenvalue weighted by molar-refractivity contribution is -0.139. The number of primary amides is 1. The predicted molar refractivity (Wildman–Crippen MR) is 99.8 cm³/mol. The first-order valence-corrected chi connectivity index (χ1v) is 9.54. The van der Waals surface area contributed by atoms with Gasteiger partial charge in [-0.1, -0.05) is 18.2 Å². The average molecular weight is 359 g/mol. The van der Waals surface area contributed by atoms with Crippen molar-refractivity contribution in [1.82, 2.24) is 9.80 Å².